The zero-order chi connectivity index (χ0) is 17.6. The fourth-order valence-corrected chi connectivity index (χ4v) is 3.42. The second kappa shape index (κ2) is 8.01. The van der Waals surface area contributed by atoms with Gasteiger partial charge in [0.1, 0.15) is 11.6 Å². The van der Waals surface area contributed by atoms with E-state index in [0.29, 0.717) is 11.6 Å². The van der Waals surface area contributed by atoms with Gasteiger partial charge in [0.25, 0.3) is 0 Å². The lowest BCUT2D eigenvalue weighted by Gasteiger charge is -2.25. The predicted octanol–water partition coefficient (Wildman–Crippen LogP) is 4.89. The number of urea groups is 1. The maximum absolute atomic E-state index is 13.2. The van der Waals surface area contributed by atoms with E-state index < -0.39 is 0 Å². The van der Waals surface area contributed by atoms with Crippen molar-refractivity contribution in [3.05, 3.63) is 59.9 Å². The van der Waals surface area contributed by atoms with Gasteiger partial charge in [-0.05, 0) is 60.7 Å². The number of carbonyl (C=O) groups is 1. The zero-order valence-corrected chi connectivity index (χ0v) is 14.3. The largest absolute Gasteiger partial charge is 0.497 e. The van der Waals surface area contributed by atoms with Crippen LogP contribution in [0.5, 0.6) is 5.75 Å². The number of ether oxygens (including phenoxy) is 1. The van der Waals surface area contributed by atoms with E-state index in [1.165, 1.54) is 25.0 Å². The van der Waals surface area contributed by atoms with Crippen LogP contribution in [0.15, 0.2) is 48.5 Å². The van der Waals surface area contributed by atoms with Crippen molar-refractivity contribution in [3.63, 3.8) is 0 Å². The molecular formula is C20H23FN2O2. The second-order valence-corrected chi connectivity index (χ2v) is 6.40. The van der Waals surface area contributed by atoms with Gasteiger partial charge >= 0.3 is 6.03 Å². The van der Waals surface area contributed by atoms with Gasteiger partial charge in [0.15, 0.2) is 0 Å². The minimum Gasteiger partial charge on any atom is -0.497 e. The SMILES string of the molecule is COc1ccc(NC(=O)NC(c2ccc(F)cc2)C2CCCC2)cc1. The summed E-state index contributed by atoms with van der Waals surface area (Å²) in [5.74, 6) is 0.852. The molecule has 2 N–H and O–H groups in total. The van der Waals surface area contributed by atoms with E-state index >= 15 is 0 Å². The van der Waals surface area contributed by atoms with Gasteiger partial charge in [0.2, 0.25) is 0 Å². The molecule has 2 amide bonds. The molecular weight excluding hydrogens is 319 g/mol. The van der Waals surface area contributed by atoms with Crippen molar-refractivity contribution in [2.45, 2.75) is 31.7 Å². The number of carbonyl (C=O) groups excluding carboxylic acids is 1. The fourth-order valence-electron chi connectivity index (χ4n) is 3.42. The Hall–Kier alpha value is -2.56. The van der Waals surface area contributed by atoms with Crippen LogP contribution in [0.2, 0.25) is 0 Å². The average molecular weight is 342 g/mol. The summed E-state index contributed by atoms with van der Waals surface area (Å²) in [6.45, 7) is 0. The first-order chi connectivity index (χ1) is 12.2. The van der Waals surface area contributed by atoms with Crippen LogP contribution in [-0.4, -0.2) is 13.1 Å². The highest BCUT2D eigenvalue weighted by atomic mass is 19.1. The van der Waals surface area contributed by atoms with E-state index in [9.17, 15) is 9.18 Å². The summed E-state index contributed by atoms with van der Waals surface area (Å²) in [6.07, 6.45) is 4.49. The lowest BCUT2D eigenvalue weighted by atomic mass is 9.91. The summed E-state index contributed by atoms with van der Waals surface area (Å²) in [5.41, 5.74) is 1.64. The van der Waals surface area contributed by atoms with Gasteiger partial charge in [-0.15, -0.1) is 0 Å². The molecule has 4 nitrogen and oxygen atoms in total. The number of benzene rings is 2. The third-order valence-electron chi connectivity index (χ3n) is 4.73. The average Bonchev–Trinajstić information content (AvgIpc) is 3.15. The highest BCUT2D eigenvalue weighted by molar-refractivity contribution is 5.89. The summed E-state index contributed by atoms with van der Waals surface area (Å²) in [7, 11) is 1.60. The van der Waals surface area contributed by atoms with Crippen molar-refractivity contribution in [1.82, 2.24) is 5.32 Å². The van der Waals surface area contributed by atoms with Crippen molar-refractivity contribution in [3.8, 4) is 5.75 Å². The molecule has 1 saturated carbocycles. The smallest absolute Gasteiger partial charge is 0.319 e. The van der Waals surface area contributed by atoms with Crippen LogP contribution in [-0.2, 0) is 0 Å². The zero-order valence-electron chi connectivity index (χ0n) is 14.3. The second-order valence-electron chi connectivity index (χ2n) is 6.40. The third kappa shape index (κ3) is 4.50. The number of amides is 2. The summed E-state index contributed by atoms with van der Waals surface area (Å²) in [4.78, 5) is 12.4. The van der Waals surface area contributed by atoms with Crippen LogP contribution in [0.4, 0.5) is 14.9 Å². The molecule has 25 heavy (non-hydrogen) atoms. The maximum Gasteiger partial charge on any atom is 0.319 e. The number of hydrogen-bond donors (Lipinski definition) is 2. The highest BCUT2D eigenvalue weighted by Gasteiger charge is 2.27. The van der Waals surface area contributed by atoms with E-state index in [2.05, 4.69) is 10.6 Å². The molecule has 1 fully saturated rings. The van der Waals surface area contributed by atoms with Gasteiger partial charge in [0.05, 0.1) is 13.2 Å². The molecule has 2 aromatic rings. The molecule has 0 aliphatic heterocycles. The molecule has 0 saturated heterocycles. The Bertz CT molecular complexity index is 695. The highest BCUT2D eigenvalue weighted by Crippen LogP contribution is 2.35. The van der Waals surface area contributed by atoms with E-state index in [-0.39, 0.29) is 17.9 Å². The molecule has 0 spiro atoms. The van der Waals surface area contributed by atoms with Gasteiger partial charge in [-0.25, -0.2) is 9.18 Å². The minimum absolute atomic E-state index is 0.110. The lowest BCUT2D eigenvalue weighted by molar-refractivity contribution is 0.242. The molecule has 3 rings (SSSR count). The van der Waals surface area contributed by atoms with Gasteiger partial charge < -0.3 is 15.4 Å². The summed E-state index contributed by atoms with van der Waals surface area (Å²) in [6, 6.07) is 13.2. The Morgan fingerprint density at radius 2 is 1.72 bits per heavy atom. The normalized spacial score (nSPS) is 15.6. The quantitative estimate of drug-likeness (QED) is 0.813. The monoisotopic (exact) mass is 342 g/mol. The summed E-state index contributed by atoms with van der Waals surface area (Å²) in [5, 5.41) is 5.92. The minimum atomic E-state index is -0.267. The van der Waals surface area contributed by atoms with Crippen molar-refractivity contribution >= 4 is 11.7 Å². The lowest BCUT2D eigenvalue weighted by Crippen LogP contribution is -2.35. The standard InChI is InChI=1S/C20H23FN2O2/c1-25-18-12-10-17(11-13-18)22-20(24)23-19(14-4-2-3-5-14)15-6-8-16(21)9-7-15/h6-14,19H,2-5H2,1H3,(H2,22,23,24). The summed E-state index contributed by atoms with van der Waals surface area (Å²) >= 11 is 0. The Balaban J connectivity index is 1.70. The maximum atomic E-state index is 13.2. The van der Waals surface area contributed by atoms with Gasteiger partial charge in [-0.3, -0.25) is 0 Å². The van der Waals surface area contributed by atoms with Crippen molar-refractivity contribution < 1.29 is 13.9 Å². The van der Waals surface area contributed by atoms with E-state index in [4.69, 9.17) is 4.74 Å². The molecule has 0 heterocycles. The number of hydrogen-bond acceptors (Lipinski definition) is 2. The number of methoxy groups -OCH3 is 1. The fraction of sp³-hybridized carbons (Fsp3) is 0.350. The van der Waals surface area contributed by atoms with Crippen molar-refractivity contribution in [2.24, 2.45) is 5.92 Å². The topological polar surface area (TPSA) is 50.4 Å². The Kier molecular flexibility index (Phi) is 5.53. The van der Waals surface area contributed by atoms with Crippen LogP contribution in [0.1, 0.15) is 37.3 Å². The summed E-state index contributed by atoms with van der Waals surface area (Å²) < 4.78 is 18.3. The Morgan fingerprint density at radius 3 is 2.32 bits per heavy atom. The molecule has 0 bridgehead atoms. The van der Waals surface area contributed by atoms with Crippen LogP contribution in [0.25, 0.3) is 0 Å². The molecule has 1 aliphatic carbocycles. The van der Waals surface area contributed by atoms with Crippen molar-refractivity contribution in [1.29, 1.82) is 0 Å². The molecule has 132 valence electrons. The van der Waals surface area contributed by atoms with Crippen LogP contribution in [0.3, 0.4) is 0 Å². The van der Waals surface area contributed by atoms with E-state index in [0.717, 1.165) is 24.2 Å². The van der Waals surface area contributed by atoms with E-state index in [1.807, 2.05) is 0 Å². The van der Waals surface area contributed by atoms with Crippen LogP contribution >= 0.6 is 0 Å². The van der Waals surface area contributed by atoms with Crippen LogP contribution < -0.4 is 15.4 Å². The Morgan fingerprint density at radius 1 is 1.08 bits per heavy atom. The number of rotatable bonds is 5. The Labute approximate surface area is 147 Å². The molecule has 0 aromatic heterocycles. The first-order valence-electron chi connectivity index (χ1n) is 8.63. The number of nitrogens with one attached hydrogen (secondary N) is 2. The molecule has 5 heteroatoms. The predicted molar refractivity (Wildman–Crippen MR) is 96.2 cm³/mol. The number of halogens is 1. The van der Waals surface area contributed by atoms with E-state index in [1.54, 1.807) is 43.5 Å². The van der Waals surface area contributed by atoms with Gasteiger partial charge in [-0.2, -0.15) is 0 Å². The van der Waals surface area contributed by atoms with Crippen LogP contribution in [0, 0.1) is 11.7 Å². The van der Waals surface area contributed by atoms with Gasteiger partial charge in [-0.1, -0.05) is 25.0 Å². The molecule has 1 aliphatic rings. The van der Waals surface area contributed by atoms with Gasteiger partial charge in [0, 0.05) is 5.69 Å². The van der Waals surface area contributed by atoms with Crippen molar-refractivity contribution in [2.75, 3.05) is 12.4 Å². The molecule has 1 atom stereocenters. The molecule has 0 radical (unpaired) electrons. The first-order valence-corrected chi connectivity index (χ1v) is 8.63. The molecule has 1 unspecified atom stereocenters. The number of anilines is 1. The third-order valence-corrected chi connectivity index (χ3v) is 4.73. The molecule has 2 aromatic carbocycles. The first kappa shape index (κ1) is 17.3.